The SMILES string of the molecule is CN(CCO)C(=O)c1c(F)cccc1Br. The molecule has 0 aliphatic carbocycles. The van der Waals surface area contributed by atoms with Crippen molar-refractivity contribution in [3.8, 4) is 0 Å². The second-order valence-electron chi connectivity index (χ2n) is 3.05. The summed E-state index contributed by atoms with van der Waals surface area (Å²) in [6, 6.07) is 4.34. The molecular formula is C10H11BrFNO2. The number of likely N-dealkylation sites (N-methyl/N-ethyl adjacent to an activating group) is 1. The van der Waals surface area contributed by atoms with Gasteiger partial charge in [0, 0.05) is 18.1 Å². The first kappa shape index (κ1) is 12.1. The average molecular weight is 276 g/mol. The molecule has 3 nitrogen and oxygen atoms in total. The summed E-state index contributed by atoms with van der Waals surface area (Å²) >= 11 is 3.12. The minimum Gasteiger partial charge on any atom is -0.395 e. The van der Waals surface area contributed by atoms with E-state index < -0.39 is 11.7 Å². The van der Waals surface area contributed by atoms with E-state index in [1.165, 1.54) is 24.1 Å². The maximum atomic E-state index is 13.4. The highest BCUT2D eigenvalue weighted by atomic mass is 79.9. The Balaban J connectivity index is 3.00. The zero-order valence-corrected chi connectivity index (χ0v) is 9.79. The number of rotatable bonds is 3. The van der Waals surface area contributed by atoms with Crippen LogP contribution in [0, 0.1) is 5.82 Å². The molecule has 1 aromatic carbocycles. The fraction of sp³-hybridized carbons (Fsp3) is 0.300. The summed E-state index contributed by atoms with van der Waals surface area (Å²) < 4.78 is 13.8. The van der Waals surface area contributed by atoms with E-state index in [2.05, 4.69) is 15.9 Å². The van der Waals surface area contributed by atoms with Gasteiger partial charge in [-0.2, -0.15) is 0 Å². The van der Waals surface area contributed by atoms with Crippen LogP contribution in [0.15, 0.2) is 22.7 Å². The maximum absolute atomic E-state index is 13.4. The Labute approximate surface area is 95.6 Å². The number of carbonyl (C=O) groups excluding carboxylic acids is 1. The van der Waals surface area contributed by atoms with Gasteiger partial charge in [0.2, 0.25) is 0 Å². The average Bonchev–Trinajstić information content (AvgIpc) is 2.17. The van der Waals surface area contributed by atoms with Crippen LogP contribution in [-0.4, -0.2) is 36.1 Å². The van der Waals surface area contributed by atoms with Crippen molar-refractivity contribution in [3.05, 3.63) is 34.1 Å². The molecule has 0 aliphatic heterocycles. The lowest BCUT2D eigenvalue weighted by atomic mass is 10.2. The molecule has 1 amide bonds. The fourth-order valence-corrected chi connectivity index (χ4v) is 1.66. The standard InChI is InChI=1S/C10H11BrFNO2/c1-13(5-6-14)10(15)9-7(11)3-2-4-8(9)12/h2-4,14H,5-6H2,1H3. The Kier molecular flexibility index (Phi) is 4.23. The summed E-state index contributed by atoms with van der Waals surface area (Å²) in [7, 11) is 1.51. The first-order chi connectivity index (χ1) is 7.07. The van der Waals surface area contributed by atoms with Crippen LogP contribution in [0.5, 0.6) is 0 Å². The van der Waals surface area contributed by atoms with E-state index in [-0.39, 0.29) is 18.7 Å². The van der Waals surface area contributed by atoms with Crippen LogP contribution in [0.3, 0.4) is 0 Å². The highest BCUT2D eigenvalue weighted by molar-refractivity contribution is 9.10. The Bertz CT molecular complexity index is 350. The first-order valence-electron chi connectivity index (χ1n) is 4.38. The van der Waals surface area contributed by atoms with Crippen molar-refractivity contribution in [2.75, 3.05) is 20.2 Å². The molecule has 0 radical (unpaired) electrons. The number of aliphatic hydroxyl groups is 1. The highest BCUT2D eigenvalue weighted by Gasteiger charge is 2.18. The normalized spacial score (nSPS) is 10.1. The van der Waals surface area contributed by atoms with E-state index in [0.29, 0.717) is 4.47 Å². The first-order valence-corrected chi connectivity index (χ1v) is 5.17. The van der Waals surface area contributed by atoms with Crippen molar-refractivity contribution in [3.63, 3.8) is 0 Å². The molecule has 0 saturated heterocycles. The van der Waals surface area contributed by atoms with Crippen LogP contribution in [0.4, 0.5) is 4.39 Å². The summed E-state index contributed by atoms with van der Waals surface area (Å²) in [5, 5.41) is 8.67. The van der Waals surface area contributed by atoms with E-state index >= 15 is 0 Å². The minimum absolute atomic E-state index is 0.00606. The number of benzene rings is 1. The number of aliphatic hydroxyl groups excluding tert-OH is 1. The summed E-state index contributed by atoms with van der Waals surface area (Å²) in [6.45, 7) is 0.0356. The fourth-order valence-electron chi connectivity index (χ4n) is 1.14. The number of carbonyl (C=O) groups is 1. The lowest BCUT2D eigenvalue weighted by Crippen LogP contribution is -2.30. The van der Waals surface area contributed by atoms with Crippen molar-refractivity contribution in [2.24, 2.45) is 0 Å². The van der Waals surface area contributed by atoms with Crippen LogP contribution in [0.1, 0.15) is 10.4 Å². The van der Waals surface area contributed by atoms with Gasteiger partial charge in [-0.3, -0.25) is 4.79 Å². The number of hydrogen-bond donors (Lipinski definition) is 1. The van der Waals surface area contributed by atoms with Crippen molar-refractivity contribution >= 4 is 21.8 Å². The Morgan fingerprint density at radius 3 is 2.80 bits per heavy atom. The van der Waals surface area contributed by atoms with Crippen LogP contribution >= 0.6 is 15.9 Å². The molecule has 0 unspecified atom stereocenters. The van der Waals surface area contributed by atoms with Crippen molar-refractivity contribution in [2.45, 2.75) is 0 Å². The van der Waals surface area contributed by atoms with E-state index in [0.717, 1.165) is 0 Å². The molecule has 1 rings (SSSR count). The number of hydrogen-bond acceptors (Lipinski definition) is 2. The van der Waals surface area contributed by atoms with Crippen molar-refractivity contribution in [1.82, 2.24) is 4.90 Å². The van der Waals surface area contributed by atoms with Gasteiger partial charge in [0.05, 0.1) is 12.2 Å². The summed E-state index contributed by atoms with van der Waals surface area (Å²) in [6.07, 6.45) is 0. The van der Waals surface area contributed by atoms with Crippen LogP contribution in [0.25, 0.3) is 0 Å². The van der Waals surface area contributed by atoms with Gasteiger partial charge in [-0.05, 0) is 28.1 Å². The van der Waals surface area contributed by atoms with Gasteiger partial charge in [-0.15, -0.1) is 0 Å². The van der Waals surface area contributed by atoms with Gasteiger partial charge in [-0.25, -0.2) is 4.39 Å². The van der Waals surface area contributed by atoms with Crippen molar-refractivity contribution in [1.29, 1.82) is 0 Å². The predicted octanol–water partition coefficient (Wildman–Crippen LogP) is 1.65. The Hall–Kier alpha value is -0.940. The minimum atomic E-state index is -0.570. The van der Waals surface area contributed by atoms with E-state index in [1.54, 1.807) is 6.07 Å². The molecule has 0 heterocycles. The predicted molar refractivity (Wildman–Crippen MR) is 58.1 cm³/mol. The molecule has 82 valence electrons. The zero-order chi connectivity index (χ0) is 11.4. The Morgan fingerprint density at radius 2 is 2.27 bits per heavy atom. The molecule has 1 N–H and O–H groups in total. The van der Waals surface area contributed by atoms with Crippen LogP contribution < -0.4 is 0 Å². The Morgan fingerprint density at radius 1 is 1.60 bits per heavy atom. The van der Waals surface area contributed by atoms with Gasteiger partial charge in [0.25, 0.3) is 5.91 Å². The van der Waals surface area contributed by atoms with E-state index in [9.17, 15) is 9.18 Å². The molecule has 15 heavy (non-hydrogen) atoms. The van der Waals surface area contributed by atoms with Crippen LogP contribution in [0.2, 0.25) is 0 Å². The quantitative estimate of drug-likeness (QED) is 0.912. The van der Waals surface area contributed by atoms with Gasteiger partial charge in [-0.1, -0.05) is 6.07 Å². The molecule has 1 aromatic rings. The number of amides is 1. The monoisotopic (exact) mass is 275 g/mol. The molecular weight excluding hydrogens is 265 g/mol. The second-order valence-corrected chi connectivity index (χ2v) is 3.90. The summed E-state index contributed by atoms with van der Waals surface area (Å²) in [5.41, 5.74) is -0.00606. The lowest BCUT2D eigenvalue weighted by molar-refractivity contribution is 0.0761. The van der Waals surface area contributed by atoms with E-state index in [1.807, 2.05) is 0 Å². The van der Waals surface area contributed by atoms with Gasteiger partial charge >= 0.3 is 0 Å². The topological polar surface area (TPSA) is 40.5 Å². The van der Waals surface area contributed by atoms with Crippen molar-refractivity contribution < 1.29 is 14.3 Å². The summed E-state index contributed by atoms with van der Waals surface area (Å²) in [4.78, 5) is 13.0. The van der Waals surface area contributed by atoms with Gasteiger partial charge in [0.15, 0.2) is 0 Å². The largest absolute Gasteiger partial charge is 0.395 e. The lowest BCUT2D eigenvalue weighted by Gasteiger charge is -2.16. The molecule has 0 aliphatic rings. The molecule has 5 heteroatoms. The molecule has 0 bridgehead atoms. The molecule has 0 aromatic heterocycles. The third-order valence-corrected chi connectivity index (χ3v) is 2.62. The number of nitrogens with zero attached hydrogens (tertiary/aromatic N) is 1. The van der Waals surface area contributed by atoms with Gasteiger partial charge in [0.1, 0.15) is 5.82 Å². The molecule has 0 fully saturated rings. The molecule has 0 spiro atoms. The third-order valence-electron chi connectivity index (χ3n) is 1.96. The van der Waals surface area contributed by atoms with E-state index in [4.69, 9.17) is 5.11 Å². The third kappa shape index (κ3) is 2.76. The smallest absolute Gasteiger partial charge is 0.257 e. The maximum Gasteiger partial charge on any atom is 0.257 e. The zero-order valence-electron chi connectivity index (χ0n) is 8.20. The molecule has 0 atom stereocenters. The molecule has 0 saturated carbocycles. The van der Waals surface area contributed by atoms with Gasteiger partial charge < -0.3 is 10.0 Å². The summed E-state index contributed by atoms with van der Waals surface area (Å²) in [5.74, 6) is -1.02. The highest BCUT2D eigenvalue weighted by Crippen LogP contribution is 2.20. The van der Waals surface area contributed by atoms with Crippen LogP contribution in [-0.2, 0) is 0 Å². The second kappa shape index (κ2) is 5.23. The number of halogens is 2.